The summed E-state index contributed by atoms with van der Waals surface area (Å²) in [7, 11) is 0. The van der Waals surface area contributed by atoms with Gasteiger partial charge in [-0.2, -0.15) is 4.98 Å². The molecule has 0 radical (unpaired) electrons. The van der Waals surface area contributed by atoms with Gasteiger partial charge in [-0.15, -0.1) is 13.2 Å². The van der Waals surface area contributed by atoms with E-state index in [2.05, 4.69) is 30.3 Å². The van der Waals surface area contributed by atoms with Crippen LogP contribution in [0.2, 0.25) is 5.02 Å². The van der Waals surface area contributed by atoms with E-state index in [9.17, 15) is 18.0 Å². The molecule has 37 heavy (non-hydrogen) atoms. The topological polar surface area (TPSA) is 102 Å². The molecular formula is C24H24ClF3N6O3. The highest BCUT2D eigenvalue weighted by Gasteiger charge is 2.32. The summed E-state index contributed by atoms with van der Waals surface area (Å²) in [6, 6.07) is 9.42. The number of aromatic nitrogens is 3. The summed E-state index contributed by atoms with van der Waals surface area (Å²) in [6.45, 7) is 4.47. The molecule has 3 aromatic rings. The lowest BCUT2D eigenvalue weighted by Crippen LogP contribution is -2.39. The minimum atomic E-state index is -4.85. The lowest BCUT2D eigenvalue weighted by atomic mass is 10.1. The van der Waals surface area contributed by atoms with Crippen LogP contribution in [-0.2, 0) is 4.79 Å². The van der Waals surface area contributed by atoms with Crippen LogP contribution in [0.1, 0.15) is 25.3 Å². The van der Waals surface area contributed by atoms with E-state index in [1.807, 2.05) is 24.0 Å². The molecule has 13 heteroatoms. The Hall–Kier alpha value is -3.80. The average molecular weight is 537 g/mol. The molecule has 1 aromatic heterocycles. The first kappa shape index (κ1) is 26.3. The summed E-state index contributed by atoms with van der Waals surface area (Å²) in [5, 5.41) is 5.79. The molecule has 1 aliphatic rings. The fraction of sp³-hybridized carbons (Fsp3) is 0.333. The third-order valence-electron chi connectivity index (χ3n) is 5.61. The highest BCUT2D eigenvalue weighted by atomic mass is 35.5. The maximum Gasteiger partial charge on any atom is 0.573 e. The lowest BCUT2D eigenvalue weighted by molar-refractivity contribution is -0.274. The van der Waals surface area contributed by atoms with Crippen molar-refractivity contribution in [1.82, 2.24) is 15.0 Å². The van der Waals surface area contributed by atoms with Crippen molar-refractivity contribution in [2.75, 3.05) is 28.6 Å². The van der Waals surface area contributed by atoms with Crippen LogP contribution in [0.5, 0.6) is 11.5 Å². The molecule has 1 aliphatic heterocycles. The number of alkyl halides is 3. The van der Waals surface area contributed by atoms with Crippen LogP contribution in [0, 0.1) is 6.92 Å². The SMILES string of the molecule is CC(=O)Nc1cccc(Nc2ncnc(N3CCC(Oc4ccc(Cl)c(OC(F)(F)F)c4)CC3)n2)c1C. The minimum Gasteiger partial charge on any atom is -0.490 e. The molecule has 0 saturated carbocycles. The van der Waals surface area contributed by atoms with E-state index in [0.29, 0.717) is 43.5 Å². The maximum atomic E-state index is 12.6. The zero-order valence-electron chi connectivity index (χ0n) is 20.0. The quantitative estimate of drug-likeness (QED) is 0.409. The van der Waals surface area contributed by atoms with Crippen LogP contribution in [0.3, 0.4) is 0 Å². The van der Waals surface area contributed by atoms with Gasteiger partial charge in [0.25, 0.3) is 0 Å². The molecule has 1 saturated heterocycles. The molecular weight excluding hydrogens is 513 g/mol. The number of rotatable bonds is 7. The third-order valence-corrected chi connectivity index (χ3v) is 5.92. The van der Waals surface area contributed by atoms with E-state index in [0.717, 1.165) is 17.3 Å². The van der Waals surface area contributed by atoms with E-state index in [1.54, 1.807) is 6.07 Å². The van der Waals surface area contributed by atoms with Crippen molar-refractivity contribution in [3.05, 3.63) is 53.3 Å². The first-order chi connectivity index (χ1) is 17.6. The smallest absolute Gasteiger partial charge is 0.490 e. The Morgan fingerprint density at radius 2 is 1.86 bits per heavy atom. The molecule has 4 rings (SSSR count). The van der Waals surface area contributed by atoms with Crippen LogP contribution in [0.4, 0.5) is 36.4 Å². The van der Waals surface area contributed by atoms with Gasteiger partial charge in [0.05, 0.1) is 5.02 Å². The first-order valence-electron chi connectivity index (χ1n) is 11.4. The molecule has 196 valence electrons. The Balaban J connectivity index is 1.37. The van der Waals surface area contributed by atoms with Gasteiger partial charge in [0.1, 0.15) is 18.2 Å². The zero-order chi connectivity index (χ0) is 26.6. The Labute approximate surface area is 216 Å². The van der Waals surface area contributed by atoms with Gasteiger partial charge in [-0.3, -0.25) is 4.79 Å². The summed E-state index contributed by atoms with van der Waals surface area (Å²) in [6.07, 6.45) is -2.45. The third kappa shape index (κ3) is 7.13. The van der Waals surface area contributed by atoms with Crippen molar-refractivity contribution in [1.29, 1.82) is 0 Å². The van der Waals surface area contributed by atoms with Gasteiger partial charge in [-0.05, 0) is 36.8 Å². The van der Waals surface area contributed by atoms with Crippen molar-refractivity contribution in [2.45, 2.75) is 39.2 Å². The van der Waals surface area contributed by atoms with E-state index >= 15 is 0 Å². The molecule has 2 aromatic carbocycles. The Morgan fingerprint density at radius 1 is 1.14 bits per heavy atom. The van der Waals surface area contributed by atoms with Crippen molar-refractivity contribution in [2.24, 2.45) is 0 Å². The predicted molar refractivity (Wildman–Crippen MR) is 133 cm³/mol. The minimum absolute atomic E-state index is 0.157. The fourth-order valence-electron chi connectivity index (χ4n) is 3.84. The van der Waals surface area contributed by atoms with Crippen molar-refractivity contribution >= 4 is 40.8 Å². The number of piperidine rings is 1. The van der Waals surface area contributed by atoms with E-state index in [-0.39, 0.29) is 22.8 Å². The monoisotopic (exact) mass is 536 g/mol. The predicted octanol–water partition coefficient (Wildman–Crippen LogP) is 5.48. The number of amides is 1. The number of nitrogens with one attached hydrogen (secondary N) is 2. The summed E-state index contributed by atoms with van der Waals surface area (Å²) in [4.78, 5) is 26.4. The zero-order valence-corrected chi connectivity index (χ0v) is 20.7. The van der Waals surface area contributed by atoms with Gasteiger partial charge in [0.15, 0.2) is 5.75 Å². The standard InChI is InChI=1S/C24H24ClF3N6O3/c1-14-19(31-15(2)35)4-3-5-20(14)32-22-29-13-30-23(33-22)34-10-8-16(9-11-34)36-17-6-7-18(25)21(12-17)37-24(26,27)28/h3-7,12-13,16H,8-11H2,1-2H3,(H,31,35)(H,29,30,32,33). The van der Waals surface area contributed by atoms with Crippen molar-refractivity contribution in [3.63, 3.8) is 0 Å². The number of ether oxygens (including phenoxy) is 2. The lowest BCUT2D eigenvalue weighted by Gasteiger charge is -2.32. The number of carbonyl (C=O) groups is 1. The molecule has 0 bridgehead atoms. The van der Waals surface area contributed by atoms with E-state index in [1.165, 1.54) is 25.4 Å². The van der Waals surface area contributed by atoms with Crippen LogP contribution >= 0.6 is 11.6 Å². The Kier molecular flexibility index (Phi) is 7.86. The van der Waals surface area contributed by atoms with Gasteiger partial charge >= 0.3 is 6.36 Å². The number of hydrogen-bond donors (Lipinski definition) is 2. The molecule has 9 nitrogen and oxygen atoms in total. The second-order valence-corrected chi connectivity index (χ2v) is 8.74. The number of nitrogens with zero attached hydrogens (tertiary/aromatic N) is 4. The molecule has 0 atom stereocenters. The van der Waals surface area contributed by atoms with Crippen molar-refractivity contribution < 1.29 is 27.4 Å². The van der Waals surface area contributed by atoms with Gasteiger partial charge in [0, 0.05) is 50.3 Å². The number of carbonyl (C=O) groups excluding carboxylic acids is 1. The van der Waals surface area contributed by atoms with Crippen LogP contribution in [-0.4, -0.2) is 46.4 Å². The molecule has 2 N–H and O–H groups in total. The normalized spacial score (nSPS) is 14.3. The van der Waals surface area contributed by atoms with E-state index in [4.69, 9.17) is 16.3 Å². The molecule has 0 unspecified atom stereocenters. The summed E-state index contributed by atoms with van der Waals surface area (Å²) in [5.41, 5.74) is 2.27. The molecule has 0 spiro atoms. The van der Waals surface area contributed by atoms with Crippen molar-refractivity contribution in [3.8, 4) is 11.5 Å². The van der Waals surface area contributed by atoms with Gasteiger partial charge in [-0.25, -0.2) is 9.97 Å². The van der Waals surface area contributed by atoms with Crippen LogP contribution in [0.25, 0.3) is 0 Å². The summed E-state index contributed by atoms with van der Waals surface area (Å²) in [5.74, 6) is 0.405. The van der Waals surface area contributed by atoms with Crippen LogP contribution in [0.15, 0.2) is 42.7 Å². The van der Waals surface area contributed by atoms with Gasteiger partial charge in [-0.1, -0.05) is 17.7 Å². The summed E-state index contributed by atoms with van der Waals surface area (Å²) >= 11 is 5.80. The molecule has 0 aliphatic carbocycles. The number of anilines is 4. The number of benzene rings is 2. The Morgan fingerprint density at radius 3 is 2.57 bits per heavy atom. The second kappa shape index (κ2) is 11.1. The highest BCUT2D eigenvalue weighted by Crippen LogP contribution is 2.34. The Bertz CT molecular complexity index is 1270. The number of halogens is 4. The fourth-order valence-corrected chi connectivity index (χ4v) is 4.00. The maximum absolute atomic E-state index is 12.6. The molecule has 1 fully saturated rings. The largest absolute Gasteiger partial charge is 0.573 e. The van der Waals surface area contributed by atoms with Gasteiger partial charge in [0.2, 0.25) is 17.8 Å². The highest BCUT2D eigenvalue weighted by molar-refractivity contribution is 6.32. The second-order valence-electron chi connectivity index (χ2n) is 8.34. The molecule has 1 amide bonds. The average Bonchev–Trinajstić information content (AvgIpc) is 2.83. The van der Waals surface area contributed by atoms with Gasteiger partial charge < -0.3 is 25.0 Å². The molecule has 2 heterocycles. The van der Waals surface area contributed by atoms with E-state index < -0.39 is 12.1 Å². The van der Waals surface area contributed by atoms with Crippen LogP contribution < -0.4 is 25.0 Å². The number of hydrogen-bond acceptors (Lipinski definition) is 8. The first-order valence-corrected chi connectivity index (χ1v) is 11.8. The summed E-state index contributed by atoms with van der Waals surface area (Å²) < 4.78 is 47.6.